The van der Waals surface area contributed by atoms with Crippen molar-refractivity contribution in [3.05, 3.63) is 0 Å². The van der Waals surface area contributed by atoms with Crippen molar-refractivity contribution >= 4 is 34.8 Å². The molecule has 40 valence electrons. The van der Waals surface area contributed by atoms with Crippen LogP contribution in [-0.4, -0.2) is 9.27 Å². The molecule has 0 heterocycles. The van der Waals surface area contributed by atoms with Gasteiger partial charge in [-0.05, 0) is 6.92 Å². The lowest BCUT2D eigenvalue weighted by Gasteiger charge is -1.94. The summed E-state index contributed by atoms with van der Waals surface area (Å²) in [7, 11) is 0. The summed E-state index contributed by atoms with van der Waals surface area (Å²) >= 11 is 15.2. The van der Waals surface area contributed by atoms with Gasteiger partial charge < -0.3 is 5.48 Å². The normalized spacial score (nSPS) is 10.0. The zero-order valence-corrected chi connectivity index (χ0v) is 5.40. The van der Waals surface area contributed by atoms with Crippen LogP contribution in [0.3, 0.4) is 0 Å². The molecular formula is C2H5Cl3O. The van der Waals surface area contributed by atoms with Gasteiger partial charge in [-0.3, -0.25) is 0 Å². The summed E-state index contributed by atoms with van der Waals surface area (Å²) in [6.45, 7) is 1.48. The Balaban J connectivity index is 0. The zero-order valence-electron chi connectivity index (χ0n) is 3.13. The van der Waals surface area contributed by atoms with E-state index in [1.54, 1.807) is 0 Å². The van der Waals surface area contributed by atoms with Crippen molar-refractivity contribution < 1.29 is 5.48 Å². The summed E-state index contributed by atoms with van der Waals surface area (Å²) in [5.74, 6) is 0. The summed E-state index contributed by atoms with van der Waals surface area (Å²) < 4.78 is -1.08. The van der Waals surface area contributed by atoms with Crippen LogP contribution in [0.15, 0.2) is 0 Å². The fourth-order valence-corrected chi connectivity index (χ4v) is 0. The van der Waals surface area contributed by atoms with Crippen LogP contribution in [0.1, 0.15) is 6.92 Å². The number of hydrogen-bond acceptors (Lipinski definition) is 0. The Kier molecular flexibility index (Phi) is 4.84. The minimum Gasteiger partial charge on any atom is -0.412 e. The molecule has 0 aliphatic heterocycles. The first kappa shape index (κ1) is 9.95. The standard InChI is InChI=1S/C2H3Cl3.H2O/c1-2(3,4)5;/h1H3;1H2. The summed E-state index contributed by atoms with van der Waals surface area (Å²) in [4.78, 5) is 0. The van der Waals surface area contributed by atoms with E-state index in [4.69, 9.17) is 34.8 Å². The van der Waals surface area contributed by atoms with Gasteiger partial charge in [0.1, 0.15) is 0 Å². The average molecular weight is 151 g/mol. The molecule has 0 unspecified atom stereocenters. The molecule has 0 aliphatic rings. The van der Waals surface area contributed by atoms with Crippen LogP contribution < -0.4 is 0 Å². The van der Waals surface area contributed by atoms with Crippen molar-refractivity contribution in [2.75, 3.05) is 0 Å². The number of halogens is 3. The Morgan fingerprint density at radius 3 is 1.17 bits per heavy atom. The van der Waals surface area contributed by atoms with E-state index in [-0.39, 0.29) is 5.48 Å². The maximum absolute atomic E-state index is 5.06. The van der Waals surface area contributed by atoms with E-state index >= 15 is 0 Å². The predicted molar refractivity (Wildman–Crippen MR) is 29.6 cm³/mol. The van der Waals surface area contributed by atoms with E-state index in [1.165, 1.54) is 6.92 Å². The second-order valence-corrected chi connectivity index (χ2v) is 3.63. The molecule has 6 heavy (non-hydrogen) atoms. The molecule has 0 rings (SSSR count). The minimum atomic E-state index is -1.08. The first-order valence-electron chi connectivity index (χ1n) is 1.07. The van der Waals surface area contributed by atoms with E-state index in [9.17, 15) is 0 Å². The third-order valence-corrected chi connectivity index (χ3v) is 0. The zero-order chi connectivity index (χ0) is 4.50. The molecule has 0 atom stereocenters. The fraction of sp³-hybridized carbons (Fsp3) is 1.00. The third kappa shape index (κ3) is 103. The summed E-state index contributed by atoms with van der Waals surface area (Å²) in [5, 5.41) is 0. The Morgan fingerprint density at radius 2 is 1.17 bits per heavy atom. The van der Waals surface area contributed by atoms with Gasteiger partial charge >= 0.3 is 0 Å². The average Bonchev–Trinajstić information content (AvgIpc) is 0.722. The van der Waals surface area contributed by atoms with E-state index in [2.05, 4.69) is 0 Å². The van der Waals surface area contributed by atoms with Crippen LogP contribution in [0.5, 0.6) is 0 Å². The summed E-state index contributed by atoms with van der Waals surface area (Å²) in [6.07, 6.45) is 0. The van der Waals surface area contributed by atoms with Gasteiger partial charge in [0, 0.05) is 0 Å². The molecule has 0 saturated carbocycles. The van der Waals surface area contributed by atoms with Gasteiger partial charge in [-0.15, -0.1) is 0 Å². The molecule has 1 nitrogen and oxygen atoms in total. The highest BCUT2D eigenvalue weighted by atomic mass is 35.6. The lowest BCUT2D eigenvalue weighted by atomic mass is 10.9. The Morgan fingerprint density at radius 1 is 1.17 bits per heavy atom. The van der Waals surface area contributed by atoms with Crippen molar-refractivity contribution in [3.8, 4) is 0 Å². The van der Waals surface area contributed by atoms with E-state index < -0.39 is 3.79 Å². The van der Waals surface area contributed by atoms with Crippen molar-refractivity contribution in [2.24, 2.45) is 0 Å². The number of hydrogen-bond donors (Lipinski definition) is 0. The van der Waals surface area contributed by atoms with Gasteiger partial charge in [0.2, 0.25) is 0 Å². The molecule has 4 heteroatoms. The van der Waals surface area contributed by atoms with Crippen LogP contribution >= 0.6 is 34.8 Å². The first-order chi connectivity index (χ1) is 2.00. The highest BCUT2D eigenvalue weighted by Gasteiger charge is 2.07. The summed E-state index contributed by atoms with van der Waals surface area (Å²) in [6, 6.07) is 0. The molecule has 0 spiro atoms. The second-order valence-electron chi connectivity index (χ2n) is 0.781. The smallest absolute Gasteiger partial charge is 0.187 e. The lowest BCUT2D eigenvalue weighted by molar-refractivity contribution is 0.824. The lowest BCUT2D eigenvalue weighted by Crippen LogP contribution is -1.87. The van der Waals surface area contributed by atoms with Crippen LogP contribution in [0.25, 0.3) is 0 Å². The SMILES string of the molecule is CC(Cl)(Cl)Cl.O. The molecule has 0 aliphatic carbocycles. The predicted octanol–water partition coefficient (Wildman–Crippen LogP) is 1.55. The second kappa shape index (κ2) is 2.92. The number of alkyl halides is 3. The minimum absolute atomic E-state index is 0. The Hall–Kier alpha value is 0.830. The van der Waals surface area contributed by atoms with Crippen LogP contribution in [-0.2, 0) is 0 Å². The Bertz CT molecular complexity index is 24.3. The van der Waals surface area contributed by atoms with Gasteiger partial charge in [-0.1, -0.05) is 34.8 Å². The van der Waals surface area contributed by atoms with Crippen LogP contribution in [0.4, 0.5) is 0 Å². The topological polar surface area (TPSA) is 31.5 Å². The quantitative estimate of drug-likeness (QED) is 0.471. The molecular weight excluding hydrogens is 146 g/mol. The number of rotatable bonds is 0. The van der Waals surface area contributed by atoms with E-state index in [0.29, 0.717) is 0 Å². The first-order valence-corrected chi connectivity index (χ1v) is 2.20. The van der Waals surface area contributed by atoms with Crippen molar-refractivity contribution in [2.45, 2.75) is 10.7 Å². The molecule has 0 saturated heterocycles. The van der Waals surface area contributed by atoms with Gasteiger partial charge in [0.05, 0.1) is 0 Å². The largest absolute Gasteiger partial charge is 0.412 e. The van der Waals surface area contributed by atoms with Crippen LogP contribution in [0, 0.1) is 0 Å². The highest BCUT2D eigenvalue weighted by molar-refractivity contribution is 6.67. The van der Waals surface area contributed by atoms with Gasteiger partial charge in [0.15, 0.2) is 3.79 Å². The van der Waals surface area contributed by atoms with Gasteiger partial charge in [-0.25, -0.2) is 0 Å². The van der Waals surface area contributed by atoms with E-state index in [1.807, 2.05) is 0 Å². The highest BCUT2D eigenvalue weighted by Crippen LogP contribution is 2.23. The van der Waals surface area contributed by atoms with Gasteiger partial charge in [0.25, 0.3) is 0 Å². The maximum Gasteiger partial charge on any atom is 0.187 e. The fourth-order valence-electron chi connectivity index (χ4n) is 0. The van der Waals surface area contributed by atoms with Crippen molar-refractivity contribution in [1.82, 2.24) is 0 Å². The van der Waals surface area contributed by atoms with Crippen molar-refractivity contribution in [1.29, 1.82) is 0 Å². The molecule has 0 aromatic carbocycles. The molecule has 0 bridgehead atoms. The Labute approximate surface area is 51.5 Å². The molecule has 0 aromatic rings. The third-order valence-electron chi connectivity index (χ3n) is 0. The van der Waals surface area contributed by atoms with E-state index in [0.717, 1.165) is 0 Å². The summed E-state index contributed by atoms with van der Waals surface area (Å²) in [5.41, 5.74) is 0. The molecule has 0 radical (unpaired) electrons. The monoisotopic (exact) mass is 150 g/mol. The molecule has 0 fully saturated rings. The van der Waals surface area contributed by atoms with Crippen LogP contribution in [0.2, 0.25) is 0 Å². The molecule has 0 amide bonds. The van der Waals surface area contributed by atoms with Crippen molar-refractivity contribution in [3.63, 3.8) is 0 Å². The molecule has 0 aromatic heterocycles. The maximum atomic E-state index is 5.06. The molecule has 2 N–H and O–H groups in total. The van der Waals surface area contributed by atoms with Gasteiger partial charge in [-0.2, -0.15) is 0 Å².